The number of hydrogen-bond acceptors (Lipinski definition) is 5. The second-order valence-electron chi connectivity index (χ2n) is 5.06. The van der Waals surface area contributed by atoms with E-state index in [9.17, 15) is 19.7 Å². The maximum absolute atomic E-state index is 12.4. The van der Waals surface area contributed by atoms with Crippen LogP contribution in [0.4, 0.5) is 11.5 Å². The van der Waals surface area contributed by atoms with Crippen LogP contribution >= 0.6 is 0 Å². The van der Waals surface area contributed by atoms with Gasteiger partial charge < -0.3 is 24.7 Å². The Morgan fingerprint density at radius 1 is 1.33 bits per heavy atom. The summed E-state index contributed by atoms with van der Waals surface area (Å²) < 4.78 is 1.50. The molecule has 0 saturated carbocycles. The first kappa shape index (κ1) is 17.1. The van der Waals surface area contributed by atoms with Gasteiger partial charge in [0.1, 0.15) is 12.7 Å². The molecule has 1 amide bonds. The molecule has 9 heteroatoms. The average molecular weight is 332 g/mol. The number of amides is 1. The van der Waals surface area contributed by atoms with Crippen molar-refractivity contribution in [2.24, 2.45) is 0 Å². The third kappa shape index (κ3) is 4.15. The molecule has 0 aliphatic carbocycles. The first-order valence-electron chi connectivity index (χ1n) is 7.14. The number of nitro groups is 1. The molecule has 126 valence electrons. The van der Waals surface area contributed by atoms with Crippen LogP contribution in [0.2, 0.25) is 0 Å². The summed E-state index contributed by atoms with van der Waals surface area (Å²) in [4.78, 5) is 38.5. The molecule has 0 saturated heterocycles. The summed E-state index contributed by atoms with van der Waals surface area (Å²) in [5.41, 5.74) is 0.484. The lowest BCUT2D eigenvalue weighted by Gasteiger charge is -2.21. The number of para-hydroxylation sites is 1. The Bertz CT molecular complexity index is 756. The van der Waals surface area contributed by atoms with Gasteiger partial charge in [0.05, 0.1) is 0 Å². The van der Waals surface area contributed by atoms with Gasteiger partial charge in [-0.2, -0.15) is 0 Å². The highest BCUT2D eigenvalue weighted by molar-refractivity contribution is 5.97. The number of carbonyl (C=O) groups excluding carboxylic acids is 1. The van der Waals surface area contributed by atoms with Gasteiger partial charge in [-0.25, -0.2) is 0 Å². The average Bonchev–Trinajstić information content (AvgIpc) is 2.92. The molecule has 2 rings (SSSR count). The van der Waals surface area contributed by atoms with Gasteiger partial charge in [-0.3, -0.25) is 9.59 Å². The first-order chi connectivity index (χ1) is 11.4. The van der Waals surface area contributed by atoms with Gasteiger partial charge in [-0.1, -0.05) is 18.2 Å². The SMILES string of the molecule is Cc1nc([N+](=O)[O-])cn1CCC(=O)N(CC(=O)O)c1ccccc1. The molecule has 9 nitrogen and oxygen atoms in total. The normalized spacial score (nSPS) is 10.4. The first-order valence-corrected chi connectivity index (χ1v) is 7.14. The number of imidazole rings is 1. The molecule has 0 radical (unpaired) electrons. The Balaban J connectivity index is 2.11. The van der Waals surface area contributed by atoms with E-state index in [0.29, 0.717) is 11.5 Å². The van der Waals surface area contributed by atoms with Crippen LogP contribution in [0.3, 0.4) is 0 Å². The predicted octanol–water partition coefficient (Wildman–Crippen LogP) is 1.61. The Kier molecular flexibility index (Phi) is 5.25. The molecule has 1 aromatic heterocycles. The van der Waals surface area contributed by atoms with E-state index in [1.165, 1.54) is 15.7 Å². The molecule has 2 aromatic rings. The quantitative estimate of drug-likeness (QED) is 0.608. The van der Waals surface area contributed by atoms with E-state index < -0.39 is 17.4 Å². The lowest BCUT2D eigenvalue weighted by Crippen LogP contribution is -2.36. The third-order valence-corrected chi connectivity index (χ3v) is 3.38. The van der Waals surface area contributed by atoms with Crippen LogP contribution in [-0.2, 0) is 16.1 Å². The number of carboxylic acid groups (broad SMARTS) is 1. The van der Waals surface area contributed by atoms with Crippen LogP contribution in [-0.4, -0.2) is 38.0 Å². The Morgan fingerprint density at radius 3 is 2.54 bits per heavy atom. The zero-order chi connectivity index (χ0) is 17.7. The number of aliphatic carboxylic acids is 1. The van der Waals surface area contributed by atoms with E-state index in [1.54, 1.807) is 37.3 Å². The number of carboxylic acids is 1. The van der Waals surface area contributed by atoms with Gasteiger partial charge in [0, 0.05) is 25.6 Å². The van der Waals surface area contributed by atoms with Crippen LogP contribution in [0.25, 0.3) is 0 Å². The van der Waals surface area contributed by atoms with E-state index in [0.717, 1.165) is 0 Å². The molecule has 1 N–H and O–H groups in total. The molecule has 1 aromatic carbocycles. The fourth-order valence-electron chi connectivity index (χ4n) is 2.22. The third-order valence-electron chi connectivity index (χ3n) is 3.38. The summed E-state index contributed by atoms with van der Waals surface area (Å²) in [5, 5.41) is 19.7. The number of carbonyl (C=O) groups is 2. The maximum atomic E-state index is 12.4. The molecule has 24 heavy (non-hydrogen) atoms. The van der Waals surface area contributed by atoms with Crippen LogP contribution in [0, 0.1) is 17.0 Å². The van der Waals surface area contributed by atoms with Crippen LogP contribution in [0.5, 0.6) is 0 Å². The fourth-order valence-corrected chi connectivity index (χ4v) is 2.22. The van der Waals surface area contributed by atoms with Crippen molar-refractivity contribution in [3.05, 3.63) is 52.5 Å². The highest BCUT2D eigenvalue weighted by Gasteiger charge is 2.20. The molecular formula is C15H16N4O5. The number of aromatic nitrogens is 2. The summed E-state index contributed by atoms with van der Waals surface area (Å²) in [5.74, 6) is -1.38. The number of rotatable bonds is 7. The molecule has 1 heterocycles. The van der Waals surface area contributed by atoms with E-state index >= 15 is 0 Å². The van der Waals surface area contributed by atoms with E-state index in [2.05, 4.69) is 4.98 Å². The van der Waals surface area contributed by atoms with Gasteiger partial charge >= 0.3 is 11.8 Å². The van der Waals surface area contributed by atoms with Gasteiger partial charge in [0.15, 0.2) is 0 Å². The van der Waals surface area contributed by atoms with Crippen molar-refractivity contribution < 1.29 is 19.6 Å². The highest BCUT2D eigenvalue weighted by atomic mass is 16.6. The van der Waals surface area contributed by atoms with E-state index in [-0.39, 0.29) is 24.7 Å². The summed E-state index contributed by atoms with van der Waals surface area (Å²) in [6.45, 7) is 1.32. The van der Waals surface area contributed by atoms with Crippen molar-refractivity contribution in [1.82, 2.24) is 9.55 Å². The topological polar surface area (TPSA) is 119 Å². The lowest BCUT2D eigenvalue weighted by atomic mass is 10.2. The Hall–Kier alpha value is -3.23. The second-order valence-corrected chi connectivity index (χ2v) is 5.06. The van der Waals surface area contributed by atoms with Crippen LogP contribution in [0.1, 0.15) is 12.2 Å². The molecule has 0 spiro atoms. The van der Waals surface area contributed by atoms with Crippen molar-refractivity contribution in [3.63, 3.8) is 0 Å². The zero-order valence-electron chi connectivity index (χ0n) is 13.0. The standard InChI is InChI=1S/C15H16N4O5/c1-11-16-13(19(23)24)9-17(11)8-7-14(20)18(10-15(21)22)12-5-3-2-4-6-12/h2-6,9H,7-8,10H2,1H3,(H,21,22). The van der Waals surface area contributed by atoms with Crippen LogP contribution in [0.15, 0.2) is 36.5 Å². The monoisotopic (exact) mass is 332 g/mol. The van der Waals surface area contributed by atoms with E-state index in [4.69, 9.17) is 5.11 Å². The lowest BCUT2D eigenvalue weighted by molar-refractivity contribution is -0.389. The van der Waals surface area contributed by atoms with Gasteiger partial charge in [0.2, 0.25) is 11.7 Å². The number of benzene rings is 1. The maximum Gasteiger partial charge on any atom is 0.381 e. The number of nitrogens with zero attached hydrogens (tertiary/aromatic N) is 4. The van der Waals surface area contributed by atoms with Gasteiger partial charge in [-0.15, -0.1) is 0 Å². The minimum atomic E-state index is -1.12. The Labute approximate surface area is 137 Å². The predicted molar refractivity (Wildman–Crippen MR) is 84.7 cm³/mol. The molecule has 0 aliphatic heterocycles. The minimum absolute atomic E-state index is 0.00344. The fraction of sp³-hybridized carbons (Fsp3) is 0.267. The zero-order valence-corrected chi connectivity index (χ0v) is 13.0. The van der Waals surface area contributed by atoms with Gasteiger partial charge in [-0.05, 0) is 22.0 Å². The molecule has 0 atom stereocenters. The highest BCUT2D eigenvalue weighted by Crippen LogP contribution is 2.16. The number of anilines is 1. The molecule has 0 aliphatic rings. The van der Waals surface area contributed by atoms with Crippen LogP contribution < -0.4 is 4.90 Å². The van der Waals surface area contributed by atoms with Gasteiger partial charge in [0.25, 0.3) is 0 Å². The largest absolute Gasteiger partial charge is 0.480 e. The summed E-state index contributed by atoms with van der Waals surface area (Å²) in [6, 6.07) is 8.48. The minimum Gasteiger partial charge on any atom is -0.480 e. The molecule has 0 unspecified atom stereocenters. The van der Waals surface area contributed by atoms with Crippen molar-refractivity contribution in [3.8, 4) is 0 Å². The molecular weight excluding hydrogens is 316 g/mol. The molecule has 0 fully saturated rings. The van der Waals surface area contributed by atoms with E-state index in [1.807, 2.05) is 0 Å². The number of aryl methyl sites for hydroxylation is 2. The van der Waals surface area contributed by atoms with Crippen molar-refractivity contribution in [2.45, 2.75) is 19.9 Å². The summed E-state index contributed by atoms with van der Waals surface area (Å²) in [6.07, 6.45) is 1.25. The summed E-state index contributed by atoms with van der Waals surface area (Å²) in [7, 11) is 0. The Morgan fingerprint density at radius 2 is 2.00 bits per heavy atom. The van der Waals surface area contributed by atoms with Crippen molar-refractivity contribution in [1.29, 1.82) is 0 Å². The van der Waals surface area contributed by atoms with Crippen molar-refractivity contribution >= 4 is 23.4 Å². The number of hydrogen-bond donors (Lipinski definition) is 1. The van der Waals surface area contributed by atoms with Crippen molar-refractivity contribution in [2.75, 3.05) is 11.4 Å². The molecule has 0 bridgehead atoms. The smallest absolute Gasteiger partial charge is 0.381 e. The summed E-state index contributed by atoms with van der Waals surface area (Å²) >= 11 is 0. The second kappa shape index (κ2) is 7.36.